The monoisotopic (exact) mass is 1570 g/mol. The molecular weight excluding hydrogens is 1470 g/mol. The first kappa shape index (κ1) is 77.2. The van der Waals surface area contributed by atoms with Crippen LogP contribution in [0.3, 0.4) is 0 Å². The second kappa shape index (κ2) is 37.4. The van der Waals surface area contributed by atoms with Gasteiger partial charge >= 0.3 is 0 Å². The molecule has 10 aromatic rings. The van der Waals surface area contributed by atoms with Gasteiger partial charge in [0.2, 0.25) is 0 Å². The van der Waals surface area contributed by atoms with E-state index < -0.39 is 0 Å². The van der Waals surface area contributed by atoms with Crippen LogP contribution in [-0.2, 0) is 25.9 Å². The van der Waals surface area contributed by atoms with E-state index in [-0.39, 0.29) is 23.0 Å². The van der Waals surface area contributed by atoms with E-state index in [1.165, 1.54) is 174 Å². The van der Waals surface area contributed by atoms with Gasteiger partial charge in [-0.05, 0) is 96.4 Å². The molecule has 17 heteroatoms. The number of hydrogen-bond donors (Lipinski definition) is 0. The third kappa shape index (κ3) is 15.7. The maximum Gasteiger partial charge on any atom is 0.270 e. The molecule has 7 aromatic heterocycles. The Morgan fingerprint density at radius 1 is 0.475 bits per heavy atom. The Bertz CT molecular complexity index is 4610. The van der Waals surface area contributed by atoms with E-state index in [1.54, 1.807) is 22.7 Å². The number of ketones is 2. The van der Waals surface area contributed by atoms with E-state index in [4.69, 9.17) is 21.9 Å². The Balaban J connectivity index is 0.00000270. The molecule has 0 saturated heterocycles. The lowest BCUT2D eigenvalue weighted by Crippen LogP contribution is -2.13. The summed E-state index contributed by atoms with van der Waals surface area (Å²) in [6, 6.07) is 19.3. The molecule has 101 heavy (non-hydrogen) atoms. The minimum atomic E-state index is -0.147. The van der Waals surface area contributed by atoms with Crippen LogP contribution in [0.4, 0.5) is 0 Å². The normalized spacial score (nSPS) is 15.2. The first-order valence-corrected chi connectivity index (χ1v) is 44.4. The van der Waals surface area contributed by atoms with Crippen molar-refractivity contribution in [2.24, 2.45) is 11.8 Å². The van der Waals surface area contributed by atoms with E-state index in [1.807, 2.05) is 95.0 Å². The fraction of sp³-hybridized carbons (Fsp3) is 0.476. The molecule has 2 unspecified atom stereocenters. The van der Waals surface area contributed by atoms with Crippen molar-refractivity contribution < 1.29 is 9.59 Å². The molecule has 10 nitrogen and oxygen atoms in total. The van der Waals surface area contributed by atoms with Crippen molar-refractivity contribution in [1.82, 2.24) is 17.9 Å². The van der Waals surface area contributed by atoms with Gasteiger partial charge in [0, 0.05) is 67.0 Å². The number of halogens is 2. The van der Waals surface area contributed by atoms with Gasteiger partial charge < -0.3 is 9.13 Å². The minimum Gasteiger partial charge on any atom is -0.337 e. The number of hydrogen-bond acceptors (Lipinski definition) is 11. The molecule has 3 aromatic carbocycles. The summed E-state index contributed by atoms with van der Waals surface area (Å²) in [4.78, 5) is 39.1. The number of aromatic nitrogens is 4. The van der Waals surface area contributed by atoms with Gasteiger partial charge in [0.05, 0.1) is 87.3 Å². The number of allylic oxidation sites excluding steroid dienone is 6. The predicted octanol–water partition coefficient (Wildman–Crippen LogP) is 27.9. The summed E-state index contributed by atoms with van der Waals surface area (Å²) in [5, 5.41) is 23.3. The largest absolute Gasteiger partial charge is 0.337 e. The number of carbonyl (C=O) groups is 2. The van der Waals surface area contributed by atoms with E-state index in [0.717, 1.165) is 124 Å². The Kier molecular flexibility index (Phi) is 28.6. The van der Waals surface area contributed by atoms with Crippen LogP contribution in [0, 0.1) is 47.6 Å². The maximum absolute atomic E-state index is 14.8. The van der Waals surface area contributed by atoms with Gasteiger partial charge in [0.15, 0.2) is 11.6 Å². The fourth-order valence-corrected chi connectivity index (χ4v) is 22.0. The average Bonchev–Trinajstić information content (AvgIpc) is 1.51. The van der Waals surface area contributed by atoms with E-state index in [9.17, 15) is 20.1 Å². The highest BCUT2D eigenvalue weighted by molar-refractivity contribution is 9.09. The third-order valence-corrected chi connectivity index (χ3v) is 26.5. The van der Waals surface area contributed by atoms with Crippen molar-refractivity contribution in [2.45, 2.75) is 234 Å². The molecule has 528 valence electrons. The number of unbranched alkanes of at least 4 members (excludes halogenated alkanes) is 18. The van der Waals surface area contributed by atoms with Crippen LogP contribution in [0.25, 0.3) is 105 Å². The number of nitriles is 2. The third-order valence-electron chi connectivity index (χ3n) is 20.8. The van der Waals surface area contributed by atoms with E-state index in [2.05, 4.69) is 104 Å². The Hall–Kier alpha value is -6.38. The van der Waals surface area contributed by atoms with Crippen molar-refractivity contribution >= 4 is 196 Å². The smallest absolute Gasteiger partial charge is 0.270 e. The fourth-order valence-electron chi connectivity index (χ4n) is 15.5. The molecule has 0 radical (unpaired) electrons. The van der Waals surface area contributed by atoms with Crippen molar-refractivity contribution in [3.05, 3.63) is 137 Å². The minimum absolute atomic E-state index is 0.0634. The maximum atomic E-state index is 14.8. The number of Topliss-reactive ketones (excluding diaryl/α,β-unsaturated/α-hetero) is 2. The van der Waals surface area contributed by atoms with Gasteiger partial charge in [-0.25, -0.2) is 20.2 Å². The van der Waals surface area contributed by atoms with Crippen LogP contribution in [0.15, 0.2) is 71.1 Å². The van der Waals surface area contributed by atoms with Crippen LogP contribution < -0.4 is 0 Å². The van der Waals surface area contributed by atoms with Crippen LogP contribution in [-0.4, -0.2) is 41.1 Å². The first-order valence-electron chi connectivity index (χ1n) is 37.2. The number of alkyl halides is 2. The summed E-state index contributed by atoms with van der Waals surface area (Å²) in [5.41, 5.74) is 13.2. The number of carbonyl (C=O) groups excluding carboxylic acids is 2. The van der Waals surface area contributed by atoms with Crippen LogP contribution in [0.5, 0.6) is 0 Å². The van der Waals surface area contributed by atoms with Gasteiger partial charge in [-0.1, -0.05) is 263 Å². The summed E-state index contributed by atoms with van der Waals surface area (Å²) in [6.45, 7) is 31.9. The van der Waals surface area contributed by atoms with Crippen molar-refractivity contribution in [3.63, 3.8) is 0 Å². The Labute approximate surface area is 635 Å². The lowest BCUT2D eigenvalue weighted by Gasteiger charge is -2.20. The highest BCUT2D eigenvalue weighted by Crippen LogP contribution is 2.56. The van der Waals surface area contributed by atoms with Crippen LogP contribution in [0.2, 0.25) is 0 Å². The summed E-state index contributed by atoms with van der Waals surface area (Å²) >= 11 is 14.5. The number of nitrogens with zero attached hydrogens (tertiary/aromatic N) is 8. The molecule has 2 aliphatic rings. The molecule has 2 atom stereocenters. The number of rotatable bonds is 34. The zero-order chi connectivity index (χ0) is 71.7. The van der Waals surface area contributed by atoms with E-state index in [0.29, 0.717) is 56.4 Å². The molecule has 0 N–H and O–H groups in total. The summed E-state index contributed by atoms with van der Waals surface area (Å²) < 4.78 is 23.6. The topological polar surface area (TPSA) is 126 Å². The molecule has 2 aliphatic carbocycles. The van der Waals surface area contributed by atoms with Crippen molar-refractivity contribution in [1.29, 1.82) is 10.5 Å². The number of benzene rings is 3. The Morgan fingerprint density at radius 3 is 1.16 bits per heavy atom. The van der Waals surface area contributed by atoms with Gasteiger partial charge in [-0.2, -0.15) is 8.75 Å². The van der Waals surface area contributed by atoms with Gasteiger partial charge in [-0.3, -0.25) is 9.59 Å². The Morgan fingerprint density at radius 2 is 0.822 bits per heavy atom. The summed E-state index contributed by atoms with van der Waals surface area (Å²) in [7, 11) is 0. The quantitative estimate of drug-likeness (QED) is 0.0130. The predicted molar refractivity (Wildman–Crippen MR) is 444 cm³/mol. The zero-order valence-corrected chi connectivity index (χ0v) is 67.6. The lowest BCUT2D eigenvalue weighted by atomic mass is 9.98. The van der Waals surface area contributed by atoms with Crippen molar-refractivity contribution in [3.8, 4) is 12.1 Å². The molecular formula is C84H96Br2N8O2S5. The molecule has 0 aliphatic heterocycles. The average molecular weight is 1570 g/mol. The molecule has 0 spiro atoms. The number of thiophene rings is 4. The van der Waals surface area contributed by atoms with Crippen LogP contribution >= 0.6 is 88.9 Å². The molecule has 0 fully saturated rings. The number of fused-ring (bicyclic) bond motifs is 16. The standard InChI is InChI=1S/C82H90N8O2S5.2CH3Br/c1-9-15-19-21-23-25-27-29-31-43-57-63(45-59-65(61(47-83)85-7)53-39-33-35-41-55(53)75(59)91)93-81-73-79(95-77(57)81)67-69-70(88-97-87-69)68-72(71(67)89(73)49-51(13-5)37-17-11-3)90(50-52(14-6)38-18-12-4)74-80(68)96-78-58(44-32-30-28-26-24-22-20-16-10-2)64(94-82(74)78)46-60-66(62(48-84)86-8)54-40-34-36-42-56(54)76(60)92;2*1-2/h33-36,39-42,45-46,51-52H,9-32,37-38,43-44,49-50H2,1-6H3;2*1H3/b59-45-,60-46-,65-61+,66-62?;;. The number of aryl methyl sites for hydroxylation is 2. The lowest BCUT2D eigenvalue weighted by molar-refractivity contribution is 0.103. The SMILES string of the molecule is CBr.CBr.[C-]#[N+]C(C#N)=C1/C(=C/c2sc3c(sc4c5c6nsnc6c6c7sc8c(CCCCCCCCCCC)c(/C=C9\C(=O)c%10ccccc%10\C9=C(\C#N)[N+]#[C-])sc8c7n(CC(CC)CCCC)c6c5n(CC(CC)CCCC)c34)c2CCCCCCCCCCC)C(=O)c2ccccc21. The summed E-state index contributed by atoms with van der Waals surface area (Å²) in [6.07, 6.45) is 36.4. The van der Waals surface area contributed by atoms with Crippen LogP contribution in [0.1, 0.15) is 261 Å². The molecule has 0 amide bonds. The summed E-state index contributed by atoms with van der Waals surface area (Å²) in [5.74, 6) is 4.12. The second-order valence-corrected chi connectivity index (χ2v) is 31.8. The highest BCUT2D eigenvalue weighted by atomic mass is 79.9. The zero-order valence-electron chi connectivity index (χ0n) is 60.3. The molecule has 7 heterocycles. The first-order chi connectivity index (χ1) is 49.6. The second-order valence-electron chi connectivity index (χ2n) is 27.1. The molecule has 0 bridgehead atoms. The van der Waals surface area contributed by atoms with Crippen molar-refractivity contribution in [2.75, 3.05) is 11.7 Å². The van der Waals surface area contributed by atoms with E-state index >= 15 is 0 Å². The highest BCUT2D eigenvalue weighted by Gasteiger charge is 2.37. The molecule has 12 rings (SSSR count). The van der Waals surface area contributed by atoms with Gasteiger partial charge in [-0.15, -0.1) is 45.3 Å². The molecule has 0 saturated carbocycles. The van der Waals surface area contributed by atoms with Gasteiger partial charge in [0.1, 0.15) is 11.0 Å². The van der Waals surface area contributed by atoms with Gasteiger partial charge in [0.25, 0.3) is 11.4 Å².